The van der Waals surface area contributed by atoms with Gasteiger partial charge in [-0.3, -0.25) is 9.69 Å². The molecule has 0 spiro atoms. The number of hydrogen-bond acceptors (Lipinski definition) is 5. The molecule has 0 saturated carbocycles. The van der Waals surface area contributed by atoms with Gasteiger partial charge in [-0.25, -0.2) is 0 Å². The van der Waals surface area contributed by atoms with E-state index in [4.69, 9.17) is 21.4 Å². The summed E-state index contributed by atoms with van der Waals surface area (Å²) < 4.78 is 11.4. The van der Waals surface area contributed by atoms with Crippen molar-refractivity contribution in [3.8, 4) is 5.75 Å². The van der Waals surface area contributed by atoms with E-state index in [0.29, 0.717) is 21.6 Å². The van der Waals surface area contributed by atoms with Crippen LogP contribution in [0.25, 0.3) is 6.08 Å². The molecule has 0 radical (unpaired) electrons. The highest BCUT2D eigenvalue weighted by atomic mass is 32.2. The lowest BCUT2D eigenvalue weighted by Gasteiger charge is -2.15. The molecule has 0 unspecified atom stereocenters. The quantitative estimate of drug-likeness (QED) is 0.607. The number of thiocarbonyl (C=S) groups is 1. The first-order chi connectivity index (χ1) is 11.1. The second kappa shape index (κ2) is 6.60. The van der Waals surface area contributed by atoms with Gasteiger partial charge in [0.05, 0.1) is 17.2 Å². The molecule has 0 atom stereocenters. The van der Waals surface area contributed by atoms with Crippen LogP contribution in [-0.4, -0.2) is 16.8 Å². The van der Waals surface area contributed by atoms with Crippen LogP contribution in [-0.2, 0) is 4.79 Å². The lowest BCUT2D eigenvalue weighted by molar-refractivity contribution is -0.113. The predicted molar refractivity (Wildman–Crippen MR) is 96.7 cm³/mol. The standard InChI is InChI=1S/C17H15NO3S2/c1-3-20-13-8-5-12(6-9-13)18-16(19)15(23-17(18)22)10-14-7-4-11(2)21-14/h4-10H,3H2,1-2H3/b15-10+. The van der Waals surface area contributed by atoms with Gasteiger partial charge in [0, 0.05) is 6.08 Å². The lowest BCUT2D eigenvalue weighted by atomic mass is 10.2. The summed E-state index contributed by atoms with van der Waals surface area (Å²) in [5.41, 5.74) is 0.731. The van der Waals surface area contributed by atoms with Crippen LogP contribution in [0.3, 0.4) is 0 Å². The van der Waals surface area contributed by atoms with Gasteiger partial charge in [0.25, 0.3) is 5.91 Å². The van der Waals surface area contributed by atoms with Gasteiger partial charge < -0.3 is 9.15 Å². The zero-order valence-electron chi connectivity index (χ0n) is 12.7. The molecule has 1 aliphatic heterocycles. The number of amides is 1. The Balaban J connectivity index is 1.85. The number of rotatable bonds is 4. The van der Waals surface area contributed by atoms with Crippen LogP contribution in [0.1, 0.15) is 18.4 Å². The zero-order chi connectivity index (χ0) is 16.4. The van der Waals surface area contributed by atoms with Crippen molar-refractivity contribution in [3.63, 3.8) is 0 Å². The number of furan rings is 1. The molecule has 1 aromatic carbocycles. The largest absolute Gasteiger partial charge is 0.494 e. The second-order valence-corrected chi connectivity index (χ2v) is 6.57. The highest BCUT2D eigenvalue weighted by molar-refractivity contribution is 8.27. The zero-order valence-corrected chi connectivity index (χ0v) is 14.4. The van der Waals surface area contributed by atoms with E-state index in [1.54, 1.807) is 6.08 Å². The van der Waals surface area contributed by atoms with E-state index < -0.39 is 0 Å². The summed E-state index contributed by atoms with van der Waals surface area (Å²) in [4.78, 5) is 14.7. The normalized spacial score (nSPS) is 16.4. The molecule has 0 N–H and O–H groups in total. The van der Waals surface area contributed by atoms with E-state index in [9.17, 15) is 4.79 Å². The minimum atomic E-state index is -0.141. The first kappa shape index (κ1) is 15.8. The summed E-state index contributed by atoms with van der Waals surface area (Å²) in [5, 5.41) is 0. The molecule has 1 aromatic heterocycles. The van der Waals surface area contributed by atoms with E-state index in [2.05, 4.69) is 0 Å². The molecular formula is C17H15NO3S2. The number of benzene rings is 1. The number of thioether (sulfide) groups is 1. The van der Waals surface area contributed by atoms with Crippen LogP contribution in [0.15, 0.2) is 45.7 Å². The number of ether oxygens (including phenoxy) is 1. The van der Waals surface area contributed by atoms with Crippen molar-refractivity contribution >= 4 is 46.0 Å². The summed E-state index contributed by atoms with van der Waals surface area (Å²) in [6, 6.07) is 11.0. The average Bonchev–Trinajstić information content (AvgIpc) is 3.05. The fourth-order valence-corrected chi connectivity index (χ4v) is 3.49. The number of carbonyl (C=O) groups is 1. The summed E-state index contributed by atoms with van der Waals surface area (Å²) in [6.07, 6.45) is 1.72. The van der Waals surface area contributed by atoms with E-state index in [0.717, 1.165) is 17.2 Å². The maximum absolute atomic E-state index is 12.6. The Morgan fingerprint density at radius 2 is 2.00 bits per heavy atom. The summed E-state index contributed by atoms with van der Waals surface area (Å²) in [5.74, 6) is 2.08. The lowest BCUT2D eigenvalue weighted by Crippen LogP contribution is -2.27. The van der Waals surface area contributed by atoms with Crippen molar-refractivity contribution in [2.45, 2.75) is 13.8 Å². The maximum Gasteiger partial charge on any atom is 0.270 e. The van der Waals surface area contributed by atoms with Crippen molar-refractivity contribution in [1.82, 2.24) is 0 Å². The molecule has 2 heterocycles. The van der Waals surface area contributed by atoms with Crippen molar-refractivity contribution in [2.75, 3.05) is 11.5 Å². The third-order valence-electron chi connectivity index (χ3n) is 3.23. The molecule has 1 saturated heterocycles. The van der Waals surface area contributed by atoms with Gasteiger partial charge in [-0.1, -0.05) is 24.0 Å². The monoisotopic (exact) mass is 345 g/mol. The van der Waals surface area contributed by atoms with E-state index in [1.165, 1.54) is 16.7 Å². The Bertz CT molecular complexity index is 777. The minimum Gasteiger partial charge on any atom is -0.494 e. The van der Waals surface area contributed by atoms with Crippen LogP contribution in [0.5, 0.6) is 5.75 Å². The van der Waals surface area contributed by atoms with Gasteiger partial charge in [0.2, 0.25) is 0 Å². The Labute approximate surface area is 144 Å². The fraction of sp³-hybridized carbons (Fsp3) is 0.176. The highest BCUT2D eigenvalue weighted by Gasteiger charge is 2.33. The Morgan fingerprint density at radius 3 is 2.61 bits per heavy atom. The van der Waals surface area contributed by atoms with E-state index in [1.807, 2.05) is 50.2 Å². The van der Waals surface area contributed by atoms with E-state index in [-0.39, 0.29) is 5.91 Å². The Hall–Kier alpha value is -2.05. The maximum atomic E-state index is 12.6. The third-order valence-corrected chi connectivity index (χ3v) is 4.54. The first-order valence-corrected chi connectivity index (χ1v) is 8.38. The molecule has 0 aliphatic carbocycles. The van der Waals surface area contributed by atoms with Crippen LogP contribution < -0.4 is 9.64 Å². The second-order valence-electron chi connectivity index (χ2n) is 4.89. The Morgan fingerprint density at radius 1 is 1.26 bits per heavy atom. The molecule has 23 heavy (non-hydrogen) atoms. The van der Waals surface area contributed by atoms with Gasteiger partial charge >= 0.3 is 0 Å². The topological polar surface area (TPSA) is 42.7 Å². The molecular weight excluding hydrogens is 330 g/mol. The van der Waals surface area contributed by atoms with Crippen LogP contribution >= 0.6 is 24.0 Å². The minimum absolute atomic E-state index is 0.141. The SMILES string of the molecule is CCOc1ccc(N2C(=O)/C(=C\c3ccc(C)o3)SC2=S)cc1. The number of anilines is 1. The van der Waals surface area contributed by atoms with Crippen LogP contribution in [0.4, 0.5) is 5.69 Å². The molecule has 1 fully saturated rings. The molecule has 1 aliphatic rings. The molecule has 118 valence electrons. The van der Waals surface area contributed by atoms with Crippen molar-refractivity contribution < 1.29 is 13.9 Å². The molecule has 6 heteroatoms. The molecule has 2 aromatic rings. The Kier molecular flexibility index (Phi) is 4.54. The number of hydrogen-bond donors (Lipinski definition) is 0. The van der Waals surface area contributed by atoms with Crippen molar-refractivity contribution in [2.24, 2.45) is 0 Å². The molecule has 1 amide bonds. The number of nitrogens with zero attached hydrogens (tertiary/aromatic N) is 1. The van der Waals surface area contributed by atoms with Gasteiger partial charge in [0.1, 0.15) is 17.3 Å². The van der Waals surface area contributed by atoms with Crippen molar-refractivity contribution in [1.29, 1.82) is 0 Å². The van der Waals surface area contributed by atoms with Gasteiger partial charge in [-0.05, 0) is 50.2 Å². The fourth-order valence-electron chi connectivity index (χ4n) is 2.21. The van der Waals surface area contributed by atoms with Gasteiger partial charge in [0.15, 0.2) is 4.32 Å². The molecule has 4 nitrogen and oxygen atoms in total. The third kappa shape index (κ3) is 3.33. The summed E-state index contributed by atoms with van der Waals surface area (Å²) in [6.45, 7) is 4.39. The molecule has 3 rings (SSSR count). The van der Waals surface area contributed by atoms with E-state index >= 15 is 0 Å². The average molecular weight is 345 g/mol. The number of carbonyl (C=O) groups excluding carboxylic acids is 1. The highest BCUT2D eigenvalue weighted by Crippen LogP contribution is 2.36. The summed E-state index contributed by atoms with van der Waals surface area (Å²) >= 11 is 6.62. The van der Waals surface area contributed by atoms with Gasteiger partial charge in [-0.2, -0.15) is 0 Å². The van der Waals surface area contributed by atoms with Crippen LogP contribution in [0, 0.1) is 6.92 Å². The predicted octanol–water partition coefficient (Wildman–Crippen LogP) is 4.39. The van der Waals surface area contributed by atoms with Crippen LogP contribution in [0.2, 0.25) is 0 Å². The number of aryl methyl sites for hydroxylation is 1. The van der Waals surface area contributed by atoms with Crippen molar-refractivity contribution in [3.05, 3.63) is 52.8 Å². The smallest absolute Gasteiger partial charge is 0.270 e. The summed E-state index contributed by atoms with van der Waals surface area (Å²) in [7, 11) is 0. The molecule has 0 bridgehead atoms. The van der Waals surface area contributed by atoms with Gasteiger partial charge in [-0.15, -0.1) is 0 Å². The first-order valence-electron chi connectivity index (χ1n) is 7.15.